The van der Waals surface area contributed by atoms with Crippen LogP contribution in [0.15, 0.2) is 48.5 Å². The number of imide groups is 1. The standard InChI is InChI=1S/C20H18ClNO4/c1-13(21)18(23)14-7-9-15(10-8-14)26-12-4-11-22-19(24)16-5-2-3-6-17(16)20(22)25/h2-3,5-10,13H,4,11-12H2,1H3. The summed E-state index contributed by atoms with van der Waals surface area (Å²) in [4.78, 5) is 37.5. The summed E-state index contributed by atoms with van der Waals surface area (Å²) in [6.45, 7) is 2.28. The Labute approximate surface area is 156 Å². The summed E-state index contributed by atoms with van der Waals surface area (Å²) in [7, 11) is 0. The summed E-state index contributed by atoms with van der Waals surface area (Å²) in [6, 6.07) is 13.6. The van der Waals surface area contributed by atoms with Crippen LogP contribution in [0.5, 0.6) is 5.75 Å². The second-order valence-electron chi connectivity index (χ2n) is 6.01. The third kappa shape index (κ3) is 3.63. The highest BCUT2D eigenvalue weighted by atomic mass is 35.5. The molecule has 6 heteroatoms. The van der Waals surface area contributed by atoms with Crippen LogP contribution in [-0.4, -0.2) is 41.0 Å². The summed E-state index contributed by atoms with van der Waals surface area (Å²) in [5, 5.41) is -0.568. The van der Waals surface area contributed by atoms with E-state index in [2.05, 4.69) is 0 Å². The first-order chi connectivity index (χ1) is 12.5. The topological polar surface area (TPSA) is 63.7 Å². The lowest BCUT2D eigenvalue weighted by Crippen LogP contribution is -2.31. The Balaban J connectivity index is 1.50. The largest absolute Gasteiger partial charge is 0.494 e. The molecule has 5 nitrogen and oxygen atoms in total. The zero-order chi connectivity index (χ0) is 18.7. The van der Waals surface area contributed by atoms with Gasteiger partial charge >= 0.3 is 0 Å². The fourth-order valence-corrected chi connectivity index (χ4v) is 2.93. The van der Waals surface area contributed by atoms with Crippen LogP contribution in [-0.2, 0) is 0 Å². The molecule has 0 aliphatic carbocycles. The molecule has 3 rings (SSSR count). The summed E-state index contributed by atoms with van der Waals surface area (Å²) in [5.74, 6) is -0.0395. The number of alkyl halides is 1. The van der Waals surface area contributed by atoms with Crippen molar-refractivity contribution in [2.24, 2.45) is 0 Å². The Morgan fingerprint density at radius 3 is 2.15 bits per heavy atom. The molecular formula is C20H18ClNO4. The Morgan fingerprint density at radius 1 is 1.04 bits per heavy atom. The van der Waals surface area contributed by atoms with Gasteiger partial charge in [-0.3, -0.25) is 19.3 Å². The molecule has 0 bridgehead atoms. The van der Waals surface area contributed by atoms with Gasteiger partial charge in [-0.15, -0.1) is 11.6 Å². The molecule has 0 fully saturated rings. The van der Waals surface area contributed by atoms with Gasteiger partial charge in [0.2, 0.25) is 0 Å². The lowest BCUT2D eigenvalue weighted by molar-refractivity contribution is 0.0646. The molecule has 0 saturated carbocycles. The van der Waals surface area contributed by atoms with Crippen molar-refractivity contribution in [1.82, 2.24) is 4.90 Å². The smallest absolute Gasteiger partial charge is 0.261 e. The van der Waals surface area contributed by atoms with Gasteiger partial charge in [-0.2, -0.15) is 0 Å². The highest BCUT2D eigenvalue weighted by Gasteiger charge is 2.34. The predicted octanol–water partition coefficient (Wildman–Crippen LogP) is 3.56. The number of amides is 2. The average Bonchev–Trinajstić information content (AvgIpc) is 2.90. The van der Waals surface area contributed by atoms with Gasteiger partial charge in [-0.05, 0) is 49.7 Å². The minimum Gasteiger partial charge on any atom is -0.494 e. The number of benzene rings is 2. The van der Waals surface area contributed by atoms with Gasteiger partial charge in [0.05, 0.1) is 23.1 Å². The van der Waals surface area contributed by atoms with Gasteiger partial charge in [-0.1, -0.05) is 12.1 Å². The molecule has 0 radical (unpaired) electrons. The quantitative estimate of drug-likeness (QED) is 0.323. The van der Waals surface area contributed by atoms with E-state index in [-0.39, 0.29) is 17.6 Å². The average molecular weight is 372 g/mol. The maximum Gasteiger partial charge on any atom is 0.261 e. The van der Waals surface area contributed by atoms with E-state index in [4.69, 9.17) is 16.3 Å². The number of hydrogen-bond acceptors (Lipinski definition) is 4. The van der Waals surface area contributed by atoms with Crippen molar-refractivity contribution in [3.63, 3.8) is 0 Å². The molecule has 2 aromatic carbocycles. The van der Waals surface area contributed by atoms with E-state index < -0.39 is 5.38 Å². The summed E-state index contributed by atoms with van der Waals surface area (Å²) >= 11 is 5.78. The van der Waals surface area contributed by atoms with Gasteiger partial charge in [0.1, 0.15) is 5.75 Å². The second kappa shape index (κ2) is 7.70. The minimum atomic E-state index is -0.568. The number of hydrogen-bond donors (Lipinski definition) is 0. The van der Waals surface area contributed by atoms with Crippen LogP contribution >= 0.6 is 11.6 Å². The summed E-state index contributed by atoms with van der Waals surface area (Å²) in [6.07, 6.45) is 0.519. The normalized spacial score (nSPS) is 14.3. The third-order valence-electron chi connectivity index (χ3n) is 4.17. The first-order valence-electron chi connectivity index (χ1n) is 8.35. The Bertz CT molecular complexity index is 810. The van der Waals surface area contributed by atoms with Gasteiger partial charge < -0.3 is 4.74 Å². The Kier molecular flexibility index (Phi) is 5.38. The lowest BCUT2D eigenvalue weighted by atomic mass is 10.1. The first kappa shape index (κ1) is 18.1. The van der Waals surface area contributed by atoms with E-state index in [9.17, 15) is 14.4 Å². The fraction of sp³-hybridized carbons (Fsp3) is 0.250. The van der Waals surface area contributed by atoms with Crippen LogP contribution in [0.1, 0.15) is 44.4 Å². The van der Waals surface area contributed by atoms with Crippen molar-refractivity contribution >= 4 is 29.2 Å². The molecule has 1 unspecified atom stereocenters. The maximum absolute atomic E-state index is 12.2. The zero-order valence-electron chi connectivity index (χ0n) is 14.3. The SMILES string of the molecule is CC(Cl)C(=O)c1ccc(OCCCN2C(=O)c3ccccc3C2=O)cc1. The molecule has 134 valence electrons. The molecule has 0 aromatic heterocycles. The zero-order valence-corrected chi connectivity index (χ0v) is 15.0. The first-order valence-corrected chi connectivity index (χ1v) is 8.79. The van der Waals surface area contributed by atoms with Crippen molar-refractivity contribution in [1.29, 1.82) is 0 Å². The number of ketones is 1. The van der Waals surface area contributed by atoms with Gasteiger partial charge in [0.15, 0.2) is 5.78 Å². The number of Topliss-reactive ketones (excluding diaryl/α,β-unsaturated/α-hetero) is 1. The van der Waals surface area contributed by atoms with Gasteiger partial charge in [0.25, 0.3) is 11.8 Å². The fourth-order valence-electron chi connectivity index (χ4n) is 2.80. The highest BCUT2D eigenvalue weighted by molar-refractivity contribution is 6.33. The number of halogens is 1. The van der Waals surface area contributed by atoms with Crippen molar-refractivity contribution in [3.05, 3.63) is 65.2 Å². The molecule has 0 N–H and O–H groups in total. The Hall–Kier alpha value is -2.66. The van der Waals surface area contributed by atoms with Crippen molar-refractivity contribution in [3.8, 4) is 5.75 Å². The molecule has 1 aliphatic heterocycles. The van der Waals surface area contributed by atoms with Gasteiger partial charge in [-0.25, -0.2) is 0 Å². The summed E-state index contributed by atoms with van der Waals surface area (Å²) < 4.78 is 5.62. The van der Waals surface area contributed by atoms with E-state index in [1.165, 1.54) is 4.90 Å². The number of ether oxygens (including phenoxy) is 1. The Morgan fingerprint density at radius 2 is 1.62 bits per heavy atom. The molecule has 2 amide bonds. The van der Waals surface area contributed by atoms with E-state index >= 15 is 0 Å². The van der Waals surface area contributed by atoms with Crippen molar-refractivity contribution < 1.29 is 19.1 Å². The number of fused-ring (bicyclic) bond motifs is 1. The molecule has 2 aromatic rings. The van der Waals surface area contributed by atoms with Crippen LogP contribution in [0.3, 0.4) is 0 Å². The highest BCUT2D eigenvalue weighted by Crippen LogP contribution is 2.22. The predicted molar refractivity (Wildman–Crippen MR) is 98.0 cm³/mol. The van der Waals surface area contributed by atoms with E-state index in [0.717, 1.165) is 0 Å². The van der Waals surface area contributed by atoms with E-state index in [0.29, 0.717) is 42.0 Å². The molecule has 1 atom stereocenters. The molecule has 1 aliphatic rings. The summed E-state index contributed by atoms with van der Waals surface area (Å²) in [5.41, 5.74) is 1.44. The van der Waals surface area contributed by atoms with Crippen LogP contribution < -0.4 is 4.74 Å². The van der Waals surface area contributed by atoms with Crippen LogP contribution in [0.2, 0.25) is 0 Å². The van der Waals surface area contributed by atoms with Crippen molar-refractivity contribution in [2.45, 2.75) is 18.7 Å². The van der Waals surface area contributed by atoms with E-state index in [1.807, 2.05) is 0 Å². The third-order valence-corrected chi connectivity index (χ3v) is 4.37. The monoisotopic (exact) mass is 371 g/mol. The van der Waals surface area contributed by atoms with Crippen LogP contribution in [0, 0.1) is 0 Å². The van der Waals surface area contributed by atoms with Crippen molar-refractivity contribution in [2.75, 3.05) is 13.2 Å². The number of nitrogens with zero attached hydrogens (tertiary/aromatic N) is 1. The number of carbonyl (C=O) groups is 3. The minimum absolute atomic E-state index is 0.135. The molecule has 26 heavy (non-hydrogen) atoms. The molecule has 0 saturated heterocycles. The van der Waals surface area contributed by atoms with E-state index in [1.54, 1.807) is 55.5 Å². The second-order valence-corrected chi connectivity index (χ2v) is 6.67. The van der Waals surface area contributed by atoms with Crippen LogP contribution in [0.25, 0.3) is 0 Å². The van der Waals surface area contributed by atoms with Gasteiger partial charge in [0, 0.05) is 12.1 Å². The molecule has 1 heterocycles. The molecular weight excluding hydrogens is 354 g/mol. The molecule has 0 spiro atoms. The van der Waals surface area contributed by atoms with Crippen LogP contribution in [0.4, 0.5) is 0 Å². The maximum atomic E-state index is 12.2. The lowest BCUT2D eigenvalue weighted by Gasteiger charge is -2.14. The number of carbonyl (C=O) groups excluding carboxylic acids is 3. The number of rotatable bonds is 7.